The van der Waals surface area contributed by atoms with E-state index in [0.717, 1.165) is 29.9 Å². The van der Waals surface area contributed by atoms with Crippen molar-refractivity contribution in [2.24, 2.45) is 0 Å². The van der Waals surface area contributed by atoms with Gasteiger partial charge < -0.3 is 19.5 Å². The fourth-order valence-electron chi connectivity index (χ4n) is 3.31. The Morgan fingerprint density at radius 1 is 1.10 bits per heavy atom. The molecule has 0 unspecified atom stereocenters. The average Bonchev–Trinajstić information content (AvgIpc) is 3.24. The second-order valence-electron chi connectivity index (χ2n) is 6.68. The van der Waals surface area contributed by atoms with Gasteiger partial charge in [-0.15, -0.1) is 0 Å². The lowest BCUT2D eigenvalue weighted by molar-refractivity contribution is -0.114. The third-order valence-corrected chi connectivity index (χ3v) is 5.43. The molecule has 0 atom stereocenters. The van der Waals surface area contributed by atoms with E-state index in [9.17, 15) is 4.79 Å². The molecule has 156 valence electrons. The largest absolute Gasteiger partial charge is 0.378 e. The van der Waals surface area contributed by atoms with Gasteiger partial charge in [0.25, 0.3) is 5.91 Å². The molecule has 1 aromatic heterocycles. The number of carbonyl (C=O) groups excluding carboxylic acids is 1. The summed E-state index contributed by atoms with van der Waals surface area (Å²) >= 11 is 17.7. The quantitative estimate of drug-likeness (QED) is 0.521. The van der Waals surface area contributed by atoms with Crippen LogP contribution in [-0.4, -0.2) is 42.2 Å². The predicted molar refractivity (Wildman–Crippen MR) is 120 cm³/mol. The number of halogens is 3. The van der Waals surface area contributed by atoms with Crippen LogP contribution in [0.2, 0.25) is 5.02 Å². The maximum atomic E-state index is 11.7. The van der Waals surface area contributed by atoms with Crippen LogP contribution in [0.3, 0.4) is 0 Å². The first-order valence-electron chi connectivity index (χ1n) is 9.30. The van der Waals surface area contributed by atoms with E-state index in [1.807, 2.05) is 30.3 Å². The highest BCUT2D eigenvalue weighted by atomic mass is 35.5. The van der Waals surface area contributed by atoms with Crippen LogP contribution in [0.4, 0.5) is 11.4 Å². The van der Waals surface area contributed by atoms with E-state index >= 15 is 0 Å². The van der Waals surface area contributed by atoms with Crippen molar-refractivity contribution >= 4 is 52.1 Å². The molecule has 1 aliphatic rings. The zero-order valence-corrected chi connectivity index (χ0v) is 18.0. The van der Waals surface area contributed by atoms with Gasteiger partial charge in [-0.25, -0.2) is 0 Å². The van der Waals surface area contributed by atoms with Gasteiger partial charge in [-0.1, -0.05) is 58.2 Å². The molecule has 6 nitrogen and oxygen atoms in total. The first-order chi connectivity index (χ1) is 14.5. The van der Waals surface area contributed by atoms with Gasteiger partial charge in [0, 0.05) is 41.7 Å². The van der Waals surface area contributed by atoms with E-state index in [1.165, 1.54) is 0 Å². The molecular weight excluding hydrogens is 449 g/mol. The van der Waals surface area contributed by atoms with E-state index in [4.69, 9.17) is 44.1 Å². The molecule has 1 N–H and O–H groups in total. The van der Waals surface area contributed by atoms with Crippen molar-refractivity contribution in [2.45, 2.75) is 4.84 Å². The average molecular weight is 467 g/mol. The molecular formula is C21H18Cl3N3O3. The van der Waals surface area contributed by atoms with Crippen molar-refractivity contribution in [3.05, 3.63) is 53.6 Å². The molecule has 0 aliphatic carbocycles. The molecule has 0 bridgehead atoms. The van der Waals surface area contributed by atoms with E-state index < -0.39 is 10.7 Å². The Labute approximate surface area is 188 Å². The molecule has 1 saturated heterocycles. The number of nitrogens with one attached hydrogen (secondary N) is 1. The first kappa shape index (κ1) is 21.0. The lowest BCUT2D eigenvalue weighted by Crippen LogP contribution is -2.36. The number of nitrogens with zero attached hydrogens (tertiary/aromatic N) is 2. The van der Waals surface area contributed by atoms with Crippen LogP contribution in [0, 0.1) is 0 Å². The van der Waals surface area contributed by atoms with Gasteiger partial charge in [0.2, 0.25) is 0 Å². The number of alkyl halides is 2. The number of aromatic nitrogens is 1. The second-order valence-corrected chi connectivity index (χ2v) is 8.18. The Morgan fingerprint density at radius 2 is 1.87 bits per heavy atom. The number of hydrogen-bond donors (Lipinski definition) is 1. The Balaban J connectivity index is 1.65. The summed E-state index contributed by atoms with van der Waals surface area (Å²) in [6, 6.07) is 14.7. The van der Waals surface area contributed by atoms with Gasteiger partial charge in [0.05, 0.1) is 18.2 Å². The molecule has 0 spiro atoms. The topological polar surface area (TPSA) is 67.6 Å². The molecule has 0 saturated carbocycles. The zero-order valence-electron chi connectivity index (χ0n) is 15.8. The van der Waals surface area contributed by atoms with Crippen molar-refractivity contribution in [1.82, 2.24) is 5.16 Å². The molecule has 1 aliphatic heterocycles. The fraction of sp³-hybridized carbons (Fsp3) is 0.238. The Morgan fingerprint density at radius 3 is 2.63 bits per heavy atom. The highest BCUT2D eigenvalue weighted by Gasteiger charge is 2.21. The van der Waals surface area contributed by atoms with Crippen molar-refractivity contribution in [3.8, 4) is 22.6 Å². The number of rotatable bonds is 5. The van der Waals surface area contributed by atoms with Crippen molar-refractivity contribution in [1.29, 1.82) is 0 Å². The number of carbonyl (C=O) groups is 1. The van der Waals surface area contributed by atoms with E-state index in [1.54, 1.807) is 18.2 Å². The van der Waals surface area contributed by atoms with Gasteiger partial charge >= 0.3 is 0 Å². The minimum absolute atomic E-state index is 0.500. The summed E-state index contributed by atoms with van der Waals surface area (Å²) in [6.45, 7) is 2.89. The normalized spacial score (nSPS) is 14.2. The highest BCUT2D eigenvalue weighted by molar-refractivity contribution is 6.54. The highest BCUT2D eigenvalue weighted by Crippen LogP contribution is 2.38. The van der Waals surface area contributed by atoms with Gasteiger partial charge in [-0.05, 0) is 24.3 Å². The molecule has 2 aromatic carbocycles. The summed E-state index contributed by atoms with van der Waals surface area (Å²) in [7, 11) is 0. The van der Waals surface area contributed by atoms with E-state index in [-0.39, 0.29) is 0 Å². The van der Waals surface area contributed by atoms with Crippen LogP contribution in [-0.2, 0) is 9.53 Å². The molecule has 30 heavy (non-hydrogen) atoms. The molecule has 1 fully saturated rings. The number of morpholine rings is 1. The molecule has 9 heteroatoms. The van der Waals surface area contributed by atoms with E-state index in [2.05, 4.69) is 15.4 Å². The predicted octanol–water partition coefficient (Wildman–Crippen LogP) is 5.24. The van der Waals surface area contributed by atoms with Gasteiger partial charge in [0.15, 0.2) is 10.6 Å². The smallest absolute Gasteiger partial charge is 0.257 e. The first-order valence-corrected chi connectivity index (χ1v) is 10.6. The van der Waals surface area contributed by atoms with Crippen molar-refractivity contribution in [2.75, 3.05) is 36.5 Å². The van der Waals surface area contributed by atoms with Crippen LogP contribution < -0.4 is 10.2 Å². The molecule has 4 rings (SSSR count). The molecule has 1 amide bonds. The fourth-order valence-corrected chi connectivity index (χ4v) is 3.69. The minimum atomic E-state index is -1.15. The van der Waals surface area contributed by atoms with Gasteiger partial charge in [-0.3, -0.25) is 4.79 Å². The minimum Gasteiger partial charge on any atom is -0.378 e. The molecule has 3 aromatic rings. The maximum absolute atomic E-state index is 11.7. The summed E-state index contributed by atoms with van der Waals surface area (Å²) in [5.74, 6) is 0.0437. The standard InChI is InChI=1S/C21H18Cl3N3O3/c22-15-5-2-6-17(27-7-9-29-10-8-27)19(15)16-12-18(30-26-16)13-3-1-4-14(11-13)25-21(28)20(23)24/h1-6,11-12,20H,7-10H2,(H,25,28). The zero-order chi connectivity index (χ0) is 21.1. The number of amides is 1. The summed E-state index contributed by atoms with van der Waals surface area (Å²) in [5.41, 5.74) is 3.73. The Bertz CT molecular complexity index is 1050. The molecule has 2 heterocycles. The third kappa shape index (κ3) is 4.57. The summed E-state index contributed by atoms with van der Waals surface area (Å²) < 4.78 is 11.1. The van der Waals surface area contributed by atoms with Crippen LogP contribution in [0.5, 0.6) is 0 Å². The SMILES string of the molecule is O=C(Nc1cccc(-c2cc(-c3c(Cl)cccc3N3CCOCC3)no2)c1)C(Cl)Cl. The van der Waals surface area contributed by atoms with E-state index in [0.29, 0.717) is 35.4 Å². The lowest BCUT2D eigenvalue weighted by Gasteiger charge is -2.30. The monoisotopic (exact) mass is 465 g/mol. The summed E-state index contributed by atoms with van der Waals surface area (Å²) in [4.78, 5) is 12.8. The van der Waals surface area contributed by atoms with Gasteiger partial charge in [-0.2, -0.15) is 0 Å². The van der Waals surface area contributed by atoms with Crippen LogP contribution >= 0.6 is 34.8 Å². The third-order valence-electron chi connectivity index (χ3n) is 4.72. The molecule has 0 radical (unpaired) electrons. The summed E-state index contributed by atoms with van der Waals surface area (Å²) in [6.07, 6.45) is 0. The van der Waals surface area contributed by atoms with Crippen molar-refractivity contribution < 1.29 is 14.1 Å². The number of benzene rings is 2. The van der Waals surface area contributed by atoms with Crippen LogP contribution in [0.1, 0.15) is 0 Å². The Kier molecular flexibility index (Phi) is 6.49. The number of hydrogen-bond acceptors (Lipinski definition) is 5. The van der Waals surface area contributed by atoms with Gasteiger partial charge in [0.1, 0.15) is 5.69 Å². The number of ether oxygens (including phenoxy) is 1. The lowest BCUT2D eigenvalue weighted by atomic mass is 10.1. The Hall–Kier alpha value is -2.25. The van der Waals surface area contributed by atoms with Crippen molar-refractivity contribution in [3.63, 3.8) is 0 Å². The number of anilines is 2. The second kappa shape index (κ2) is 9.27. The maximum Gasteiger partial charge on any atom is 0.257 e. The van der Waals surface area contributed by atoms with Crippen LogP contribution in [0.15, 0.2) is 53.1 Å². The summed E-state index contributed by atoms with van der Waals surface area (Å²) in [5, 5.41) is 7.49. The van der Waals surface area contributed by atoms with Crippen LogP contribution in [0.25, 0.3) is 22.6 Å².